The summed E-state index contributed by atoms with van der Waals surface area (Å²) >= 11 is 0. The predicted molar refractivity (Wildman–Crippen MR) is 115 cm³/mol. The summed E-state index contributed by atoms with van der Waals surface area (Å²) in [5, 5.41) is 7.03. The number of hydrogen-bond acceptors (Lipinski definition) is 3. The average molecular weight is 414 g/mol. The van der Waals surface area contributed by atoms with Crippen LogP contribution in [0, 0.1) is 5.92 Å². The van der Waals surface area contributed by atoms with Gasteiger partial charge in [0.25, 0.3) is 0 Å². The van der Waals surface area contributed by atoms with Crippen molar-refractivity contribution in [3.8, 4) is 0 Å². The minimum atomic E-state index is 0. The summed E-state index contributed by atoms with van der Waals surface area (Å²) in [4.78, 5) is 15.2. The number of benzene rings is 1. The molecule has 2 bridgehead atoms. The van der Waals surface area contributed by atoms with Crippen molar-refractivity contribution in [3.63, 3.8) is 0 Å². The molecule has 0 radical (unpaired) electrons. The second-order valence-electron chi connectivity index (χ2n) is 8.22. The Bertz CT molecular complexity index is 568. The van der Waals surface area contributed by atoms with E-state index in [0.717, 1.165) is 19.6 Å². The summed E-state index contributed by atoms with van der Waals surface area (Å²) in [5.74, 6) is 0.793. The largest absolute Gasteiger partial charge is 0.348 e. The van der Waals surface area contributed by atoms with Crippen LogP contribution in [-0.4, -0.2) is 42.5 Å². The lowest BCUT2D eigenvalue weighted by Gasteiger charge is -2.30. The van der Waals surface area contributed by atoms with E-state index in [9.17, 15) is 4.79 Å². The van der Waals surface area contributed by atoms with Gasteiger partial charge in [-0.25, -0.2) is 0 Å². The van der Waals surface area contributed by atoms with Crippen LogP contribution >= 0.6 is 24.8 Å². The highest BCUT2D eigenvalue weighted by Crippen LogP contribution is 2.32. The van der Waals surface area contributed by atoms with Crippen LogP contribution < -0.4 is 10.6 Å². The van der Waals surface area contributed by atoms with E-state index in [-0.39, 0.29) is 36.8 Å². The highest BCUT2D eigenvalue weighted by molar-refractivity contribution is 5.85. The second kappa shape index (κ2) is 10.7. The summed E-state index contributed by atoms with van der Waals surface area (Å²) in [6.07, 6.45) is 8.20. The molecule has 3 aliphatic rings. The van der Waals surface area contributed by atoms with Gasteiger partial charge in [-0.2, -0.15) is 0 Å². The number of halogens is 2. The highest BCUT2D eigenvalue weighted by Gasteiger charge is 2.34. The lowest BCUT2D eigenvalue weighted by molar-refractivity contribution is -0.123. The number of amides is 1. The summed E-state index contributed by atoms with van der Waals surface area (Å²) in [6.45, 7) is 3.26. The first kappa shape index (κ1) is 22.5. The lowest BCUT2D eigenvalue weighted by atomic mass is 9.89. The molecule has 1 aromatic carbocycles. The van der Waals surface area contributed by atoms with Crippen LogP contribution in [0.5, 0.6) is 0 Å². The summed E-state index contributed by atoms with van der Waals surface area (Å²) in [5.41, 5.74) is 1.23. The normalized spacial score (nSPS) is 28.1. The van der Waals surface area contributed by atoms with Gasteiger partial charge in [-0.3, -0.25) is 4.79 Å². The SMILES string of the molecule is Cl.Cl.O=C(CC1CC2CCC(C1)N2)NC(CN1CCCC1)c1ccccc1. The molecule has 1 aromatic rings. The molecule has 3 aliphatic heterocycles. The molecule has 0 aliphatic carbocycles. The van der Waals surface area contributed by atoms with Gasteiger partial charge in [0.2, 0.25) is 5.91 Å². The van der Waals surface area contributed by atoms with Gasteiger partial charge in [-0.05, 0) is 63.1 Å². The Balaban J connectivity index is 0.00000131. The first-order chi connectivity index (χ1) is 12.3. The number of likely N-dealkylation sites (tertiary alicyclic amines) is 1. The van der Waals surface area contributed by atoms with Gasteiger partial charge in [0.05, 0.1) is 6.04 Å². The molecule has 0 aromatic heterocycles. The minimum absolute atomic E-state index is 0. The fourth-order valence-corrected chi connectivity index (χ4v) is 5.00. The highest BCUT2D eigenvalue weighted by atomic mass is 35.5. The van der Waals surface area contributed by atoms with E-state index < -0.39 is 0 Å². The number of nitrogens with zero attached hydrogens (tertiary/aromatic N) is 1. The molecule has 4 rings (SSSR count). The number of carbonyl (C=O) groups is 1. The third kappa shape index (κ3) is 6.08. The van der Waals surface area contributed by atoms with Crippen molar-refractivity contribution < 1.29 is 4.79 Å². The number of rotatable bonds is 6. The minimum Gasteiger partial charge on any atom is -0.348 e. The molecule has 1 amide bonds. The van der Waals surface area contributed by atoms with Gasteiger partial charge in [-0.1, -0.05) is 30.3 Å². The fraction of sp³-hybridized carbons (Fsp3) is 0.667. The second-order valence-corrected chi connectivity index (χ2v) is 8.22. The van der Waals surface area contributed by atoms with E-state index in [2.05, 4.69) is 39.8 Å². The number of carbonyl (C=O) groups excluding carboxylic acids is 1. The molecule has 3 atom stereocenters. The zero-order valence-electron chi connectivity index (χ0n) is 15.9. The monoisotopic (exact) mass is 413 g/mol. The van der Waals surface area contributed by atoms with Crippen LogP contribution in [-0.2, 0) is 4.79 Å². The molecule has 3 heterocycles. The molecule has 3 unspecified atom stereocenters. The maximum Gasteiger partial charge on any atom is 0.220 e. The van der Waals surface area contributed by atoms with Crippen LogP contribution in [0.15, 0.2) is 30.3 Å². The quantitative estimate of drug-likeness (QED) is 0.746. The molecule has 0 spiro atoms. The van der Waals surface area contributed by atoms with E-state index in [1.165, 1.54) is 44.1 Å². The van der Waals surface area contributed by atoms with Gasteiger partial charge >= 0.3 is 0 Å². The standard InChI is InChI=1S/C21H31N3O.2ClH/c25-21(14-16-12-18-8-9-19(13-16)22-18)23-20(15-24-10-4-5-11-24)17-6-2-1-3-7-17;;/h1-3,6-7,16,18-20,22H,4-5,8-15H2,(H,23,25);2*1H. The van der Waals surface area contributed by atoms with Crippen LogP contribution in [0.3, 0.4) is 0 Å². The third-order valence-electron chi connectivity index (χ3n) is 6.22. The van der Waals surface area contributed by atoms with Gasteiger partial charge in [0.15, 0.2) is 0 Å². The lowest BCUT2D eigenvalue weighted by Crippen LogP contribution is -2.41. The van der Waals surface area contributed by atoms with Gasteiger partial charge in [0, 0.05) is 25.0 Å². The molecular weight excluding hydrogens is 381 g/mol. The fourth-order valence-electron chi connectivity index (χ4n) is 5.00. The number of hydrogen-bond donors (Lipinski definition) is 2. The van der Waals surface area contributed by atoms with Crippen molar-refractivity contribution in [2.24, 2.45) is 5.92 Å². The van der Waals surface area contributed by atoms with Gasteiger partial charge in [-0.15, -0.1) is 24.8 Å². The molecule has 152 valence electrons. The molecule has 2 N–H and O–H groups in total. The van der Waals surface area contributed by atoms with E-state index >= 15 is 0 Å². The van der Waals surface area contributed by atoms with Crippen LogP contribution in [0.25, 0.3) is 0 Å². The van der Waals surface area contributed by atoms with Crippen molar-refractivity contribution in [1.29, 1.82) is 0 Å². The van der Waals surface area contributed by atoms with Crippen LogP contribution in [0.2, 0.25) is 0 Å². The molecule has 6 heteroatoms. The smallest absolute Gasteiger partial charge is 0.220 e. The van der Waals surface area contributed by atoms with Crippen molar-refractivity contribution in [1.82, 2.24) is 15.5 Å². The van der Waals surface area contributed by atoms with Crippen molar-refractivity contribution >= 4 is 30.7 Å². The first-order valence-electron chi connectivity index (χ1n) is 10.1. The number of piperidine rings is 1. The summed E-state index contributed by atoms with van der Waals surface area (Å²) < 4.78 is 0. The Kier molecular flexibility index (Phi) is 8.87. The number of nitrogens with one attached hydrogen (secondary N) is 2. The zero-order chi connectivity index (χ0) is 17.1. The molecule has 3 fully saturated rings. The van der Waals surface area contributed by atoms with E-state index in [1.54, 1.807) is 0 Å². The Morgan fingerprint density at radius 3 is 2.33 bits per heavy atom. The topological polar surface area (TPSA) is 44.4 Å². The van der Waals surface area contributed by atoms with E-state index in [0.29, 0.717) is 24.4 Å². The Morgan fingerprint density at radius 2 is 1.70 bits per heavy atom. The van der Waals surface area contributed by atoms with E-state index in [4.69, 9.17) is 0 Å². The van der Waals surface area contributed by atoms with Crippen LogP contribution in [0.4, 0.5) is 0 Å². The number of fused-ring (bicyclic) bond motifs is 2. The third-order valence-corrected chi connectivity index (χ3v) is 6.22. The van der Waals surface area contributed by atoms with Crippen molar-refractivity contribution in [2.45, 2.75) is 63.1 Å². The van der Waals surface area contributed by atoms with Gasteiger partial charge in [0.1, 0.15) is 0 Å². The predicted octanol–water partition coefficient (Wildman–Crippen LogP) is 3.70. The summed E-state index contributed by atoms with van der Waals surface area (Å²) in [6, 6.07) is 11.9. The van der Waals surface area contributed by atoms with Crippen LogP contribution in [0.1, 0.15) is 56.6 Å². The van der Waals surface area contributed by atoms with Crippen molar-refractivity contribution in [2.75, 3.05) is 19.6 Å². The first-order valence-corrected chi connectivity index (χ1v) is 10.1. The Morgan fingerprint density at radius 1 is 1.07 bits per heavy atom. The molecule has 3 saturated heterocycles. The Hall–Kier alpha value is -0.810. The zero-order valence-corrected chi connectivity index (χ0v) is 17.6. The average Bonchev–Trinajstić information content (AvgIpc) is 3.24. The van der Waals surface area contributed by atoms with Gasteiger partial charge < -0.3 is 15.5 Å². The maximum absolute atomic E-state index is 12.8. The Labute approximate surface area is 175 Å². The summed E-state index contributed by atoms with van der Waals surface area (Å²) in [7, 11) is 0. The van der Waals surface area contributed by atoms with E-state index in [1.807, 2.05) is 6.07 Å². The molecule has 27 heavy (non-hydrogen) atoms. The molecular formula is C21H33Cl2N3O. The van der Waals surface area contributed by atoms with Crippen molar-refractivity contribution in [3.05, 3.63) is 35.9 Å². The molecule has 0 saturated carbocycles. The maximum atomic E-state index is 12.8. The molecule has 4 nitrogen and oxygen atoms in total.